The van der Waals surface area contributed by atoms with E-state index in [0.29, 0.717) is 12.5 Å². The van der Waals surface area contributed by atoms with Crippen LogP contribution < -0.4 is 5.32 Å². The largest absolute Gasteiger partial charge is 0.462 e. The number of carbonyl (C=O) groups is 1. The number of hydrogen-bond acceptors (Lipinski definition) is 4. The second-order valence-electron chi connectivity index (χ2n) is 5.57. The fourth-order valence-corrected chi connectivity index (χ4v) is 1.85. The summed E-state index contributed by atoms with van der Waals surface area (Å²) >= 11 is 0. The molecule has 5 nitrogen and oxygen atoms in total. The van der Waals surface area contributed by atoms with Gasteiger partial charge >= 0.3 is 5.97 Å². The van der Waals surface area contributed by atoms with Crippen LogP contribution in [0.15, 0.2) is 12.4 Å². The Balaban J connectivity index is 2.56. The number of nitrogens with one attached hydrogen (secondary N) is 1. The molecule has 0 saturated heterocycles. The number of carbonyl (C=O) groups excluding carboxylic acids is 1. The van der Waals surface area contributed by atoms with Crippen molar-refractivity contribution in [1.29, 1.82) is 0 Å². The van der Waals surface area contributed by atoms with Crippen LogP contribution in [0.1, 0.15) is 39.7 Å². The summed E-state index contributed by atoms with van der Waals surface area (Å²) in [5, 5.41) is 7.37. The molecule has 0 amide bonds. The molecule has 0 aliphatic carbocycles. The molecule has 1 rings (SSSR count). The van der Waals surface area contributed by atoms with E-state index in [0.717, 1.165) is 12.0 Å². The van der Waals surface area contributed by atoms with Crippen molar-refractivity contribution in [3.63, 3.8) is 0 Å². The zero-order chi connectivity index (χ0) is 14.4. The molecule has 1 atom stereocenters. The van der Waals surface area contributed by atoms with Gasteiger partial charge in [0.2, 0.25) is 0 Å². The molecule has 0 bridgehead atoms. The van der Waals surface area contributed by atoms with Gasteiger partial charge in [0.15, 0.2) is 0 Å². The summed E-state index contributed by atoms with van der Waals surface area (Å²) in [6.07, 6.45) is 4.43. The Bertz CT molecular complexity index is 399. The Morgan fingerprint density at radius 2 is 2.11 bits per heavy atom. The lowest BCUT2D eigenvalue weighted by Gasteiger charge is -2.20. The summed E-state index contributed by atoms with van der Waals surface area (Å²) in [4.78, 5) is 12.0. The minimum absolute atomic E-state index is 0.0812. The van der Waals surface area contributed by atoms with E-state index in [1.165, 1.54) is 0 Å². The first-order valence-electron chi connectivity index (χ1n) is 6.80. The van der Waals surface area contributed by atoms with Crippen LogP contribution in [0, 0.1) is 5.92 Å². The number of esters is 1. The first-order valence-corrected chi connectivity index (χ1v) is 6.80. The normalized spacial score (nSPS) is 13.0. The van der Waals surface area contributed by atoms with Crippen molar-refractivity contribution in [2.45, 2.75) is 52.8 Å². The Kier molecular flexibility index (Phi) is 6.02. The number of aryl methyl sites for hydroxylation is 1. The summed E-state index contributed by atoms with van der Waals surface area (Å²) in [6.45, 7) is 8.55. The zero-order valence-corrected chi connectivity index (χ0v) is 12.5. The molecule has 1 N–H and O–H groups in total. The number of rotatable bonds is 7. The third kappa shape index (κ3) is 5.87. The molecule has 0 aliphatic heterocycles. The third-order valence-electron chi connectivity index (χ3n) is 2.65. The van der Waals surface area contributed by atoms with Gasteiger partial charge in [0.1, 0.15) is 6.04 Å². The van der Waals surface area contributed by atoms with Crippen LogP contribution in [0.25, 0.3) is 0 Å². The van der Waals surface area contributed by atoms with Gasteiger partial charge < -0.3 is 10.1 Å². The molecule has 0 unspecified atom stereocenters. The third-order valence-corrected chi connectivity index (χ3v) is 2.65. The van der Waals surface area contributed by atoms with Crippen LogP contribution in [-0.2, 0) is 23.1 Å². The molecule has 5 heteroatoms. The van der Waals surface area contributed by atoms with Crippen LogP contribution in [0.4, 0.5) is 0 Å². The Labute approximate surface area is 115 Å². The van der Waals surface area contributed by atoms with Crippen LogP contribution in [0.2, 0.25) is 0 Å². The molecule has 0 spiro atoms. The fraction of sp³-hybridized carbons (Fsp3) is 0.714. The van der Waals surface area contributed by atoms with E-state index in [9.17, 15) is 4.79 Å². The number of hydrogen-bond donors (Lipinski definition) is 1. The maximum absolute atomic E-state index is 12.0. The molecular weight excluding hydrogens is 242 g/mol. The van der Waals surface area contributed by atoms with E-state index >= 15 is 0 Å². The topological polar surface area (TPSA) is 56.2 Å². The molecule has 0 radical (unpaired) electrons. The van der Waals surface area contributed by atoms with E-state index in [1.54, 1.807) is 10.9 Å². The Hall–Kier alpha value is -1.36. The summed E-state index contributed by atoms with van der Waals surface area (Å²) in [6, 6.07) is -0.261. The molecular formula is C14H25N3O2. The fourth-order valence-electron chi connectivity index (χ4n) is 1.85. The highest BCUT2D eigenvalue weighted by atomic mass is 16.5. The van der Waals surface area contributed by atoms with Gasteiger partial charge in [-0.3, -0.25) is 9.48 Å². The SMILES string of the molecule is CC(C)C[C@H](NCc1cnn(C)c1)C(=O)OC(C)C. The quantitative estimate of drug-likeness (QED) is 0.766. The van der Waals surface area contributed by atoms with Gasteiger partial charge in [0.05, 0.1) is 12.3 Å². The van der Waals surface area contributed by atoms with Crippen molar-refractivity contribution < 1.29 is 9.53 Å². The molecule has 0 aliphatic rings. The highest BCUT2D eigenvalue weighted by molar-refractivity contribution is 5.75. The predicted octanol–water partition coefficient (Wildman–Crippen LogP) is 1.88. The van der Waals surface area contributed by atoms with Crippen molar-refractivity contribution in [3.8, 4) is 0 Å². The van der Waals surface area contributed by atoms with E-state index in [2.05, 4.69) is 24.3 Å². The maximum atomic E-state index is 12.0. The molecule has 19 heavy (non-hydrogen) atoms. The minimum atomic E-state index is -0.261. The van der Waals surface area contributed by atoms with Crippen molar-refractivity contribution in [3.05, 3.63) is 18.0 Å². The van der Waals surface area contributed by atoms with Crippen LogP contribution in [-0.4, -0.2) is 27.9 Å². The van der Waals surface area contributed by atoms with Gasteiger partial charge in [0, 0.05) is 25.4 Å². The monoisotopic (exact) mass is 267 g/mol. The summed E-state index contributed by atoms with van der Waals surface area (Å²) < 4.78 is 7.04. The molecule has 0 fully saturated rings. The van der Waals surface area contributed by atoms with E-state index in [1.807, 2.05) is 27.1 Å². The van der Waals surface area contributed by atoms with E-state index in [-0.39, 0.29) is 18.1 Å². The second kappa shape index (κ2) is 7.28. The van der Waals surface area contributed by atoms with E-state index in [4.69, 9.17) is 4.74 Å². The second-order valence-corrected chi connectivity index (χ2v) is 5.57. The number of ether oxygens (including phenoxy) is 1. The van der Waals surface area contributed by atoms with Gasteiger partial charge in [-0.2, -0.15) is 5.10 Å². The molecule has 108 valence electrons. The predicted molar refractivity (Wildman–Crippen MR) is 74.5 cm³/mol. The first kappa shape index (κ1) is 15.7. The van der Waals surface area contributed by atoms with Gasteiger partial charge in [-0.15, -0.1) is 0 Å². The molecule has 0 saturated carbocycles. The lowest BCUT2D eigenvalue weighted by molar-refractivity contribution is -0.150. The smallest absolute Gasteiger partial charge is 0.323 e. The van der Waals surface area contributed by atoms with Crippen molar-refractivity contribution in [2.75, 3.05) is 0 Å². The Morgan fingerprint density at radius 1 is 1.42 bits per heavy atom. The van der Waals surface area contributed by atoms with Crippen LogP contribution in [0.5, 0.6) is 0 Å². The molecule has 1 aromatic rings. The van der Waals surface area contributed by atoms with E-state index < -0.39 is 0 Å². The van der Waals surface area contributed by atoms with Gasteiger partial charge in [0.25, 0.3) is 0 Å². The highest BCUT2D eigenvalue weighted by Crippen LogP contribution is 2.09. The van der Waals surface area contributed by atoms with Crippen LogP contribution in [0.3, 0.4) is 0 Å². The Morgan fingerprint density at radius 3 is 2.58 bits per heavy atom. The van der Waals surface area contributed by atoms with Gasteiger partial charge in [-0.05, 0) is 26.2 Å². The average Bonchev–Trinajstić information content (AvgIpc) is 2.68. The molecule has 1 aromatic heterocycles. The lowest BCUT2D eigenvalue weighted by Crippen LogP contribution is -2.39. The standard InChI is InChI=1S/C14H25N3O2/c1-10(2)6-13(14(18)19-11(3)4)15-7-12-8-16-17(5)9-12/h8-11,13,15H,6-7H2,1-5H3/t13-/m0/s1. The highest BCUT2D eigenvalue weighted by Gasteiger charge is 2.21. The van der Waals surface area contributed by atoms with Crippen molar-refractivity contribution in [2.24, 2.45) is 13.0 Å². The minimum Gasteiger partial charge on any atom is -0.462 e. The van der Waals surface area contributed by atoms with Crippen molar-refractivity contribution in [1.82, 2.24) is 15.1 Å². The lowest BCUT2D eigenvalue weighted by atomic mass is 10.0. The first-order chi connectivity index (χ1) is 8.88. The molecule has 1 heterocycles. The van der Waals surface area contributed by atoms with Gasteiger partial charge in [-0.25, -0.2) is 0 Å². The van der Waals surface area contributed by atoms with Crippen molar-refractivity contribution >= 4 is 5.97 Å². The van der Waals surface area contributed by atoms with Gasteiger partial charge in [-0.1, -0.05) is 13.8 Å². The zero-order valence-electron chi connectivity index (χ0n) is 12.5. The molecule has 0 aromatic carbocycles. The summed E-state index contributed by atoms with van der Waals surface area (Å²) in [5.41, 5.74) is 1.06. The summed E-state index contributed by atoms with van der Waals surface area (Å²) in [7, 11) is 1.88. The average molecular weight is 267 g/mol. The number of aromatic nitrogens is 2. The summed E-state index contributed by atoms with van der Waals surface area (Å²) in [5.74, 6) is 0.263. The maximum Gasteiger partial charge on any atom is 0.323 e. The van der Waals surface area contributed by atoms with Crippen LogP contribution >= 0.6 is 0 Å². The number of nitrogens with zero attached hydrogens (tertiary/aromatic N) is 2.